The molecule has 0 aliphatic heterocycles. The van der Waals surface area contributed by atoms with Crippen LogP contribution in [0.2, 0.25) is 5.02 Å². The zero-order valence-corrected chi connectivity index (χ0v) is 12.4. The number of hydrogen-bond acceptors (Lipinski definition) is 2. The van der Waals surface area contributed by atoms with E-state index in [1.165, 1.54) is 31.4 Å². The van der Waals surface area contributed by atoms with Crippen LogP contribution in [0, 0.1) is 5.92 Å². The summed E-state index contributed by atoms with van der Waals surface area (Å²) in [7, 11) is 0. The van der Waals surface area contributed by atoms with Gasteiger partial charge in [0.15, 0.2) is 0 Å². The van der Waals surface area contributed by atoms with Gasteiger partial charge in [-0.2, -0.15) is 0 Å². The zero-order chi connectivity index (χ0) is 15.2. The Kier molecular flexibility index (Phi) is 5.44. The molecule has 5 nitrogen and oxygen atoms in total. The van der Waals surface area contributed by atoms with E-state index in [0.29, 0.717) is 12.5 Å². The van der Waals surface area contributed by atoms with Gasteiger partial charge in [0.2, 0.25) is 0 Å². The van der Waals surface area contributed by atoms with Gasteiger partial charge < -0.3 is 15.7 Å². The highest BCUT2D eigenvalue weighted by Gasteiger charge is 2.17. The van der Waals surface area contributed by atoms with Gasteiger partial charge in [0.25, 0.3) is 0 Å². The molecule has 1 fully saturated rings. The van der Waals surface area contributed by atoms with Crippen molar-refractivity contribution in [2.24, 2.45) is 5.92 Å². The lowest BCUT2D eigenvalue weighted by Crippen LogP contribution is -2.34. The molecule has 0 heterocycles. The standard InChI is InChI=1S/C15H19ClN2O3/c16-11-7-4-8-12(13(11)14(19)20)18-15(21)17-9-10-5-2-1-3-6-10/h4,7-8,10H,1-3,5-6,9H2,(H,19,20)(H2,17,18,21). The number of aromatic carboxylic acids is 1. The first-order valence-corrected chi connectivity index (χ1v) is 7.52. The van der Waals surface area contributed by atoms with E-state index < -0.39 is 12.0 Å². The quantitative estimate of drug-likeness (QED) is 0.792. The van der Waals surface area contributed by atoms with Crippen molar-refractivity contribution in [3.63, 3.8) is 0 Å². The molecular formula is C15H19ClN2O3. The van der Waals surface area contributed by atoms with Gasteiger partial charge in [0, 0.05) is 6.54 Å². The molecule has 0 radical (unpaired) electrons. The van der Waals surface area contributed by atoms with Crippen LogP contribution < -0.4 is 10.6 Å². The minimum Gasteiger partial charge on any atom is -0.478 e. The van der Waals surface area contributed by atoms with E-state index in [4.69, 9.17) is 16.7 Å². The van der Waals surface area contributed by atoms with Crippen molar-refractivity contribution in [2.45, 2.75) is 32.1 Å². The summed E-state index contributed by atoms with van der Waals surface area (Å²) >= 11 is 5.85. The molecule has 1 aliphatic carbocycles. The predicted octanol–water partition coefficient (Wildman–Crippen LogP) is 3.74. The number of benzene rings is 1. The minimum absolute atomic E-state index is 0.0908. The Morgan fingerprint density at radius 3 is 2.62 bits per heavy atom. The maximum atomic E-state index is 11.9. The number of carboxylic acid groups (broad SMARTS) is 1. The number of rotatable bonds is 4. The van der Waals surface area contributed by atoms with Crippen molar-refractivity contribution >= 4 is 29.3 Å². The van der Waals surface area contributed by atoms with Crippen molar-refractivity contribution in [1.82, 2.24) is 5.32 Å². The van der Waals surface area contributed by atoms with E-state index in [0.717, 1.165) is 12.8 Å². The Balaban J connectivity index is 1.93. The van der Waals surface area contributed by atoms with Gasteiger partial charge in [-0.15, -0.1) is 0 Å². The highest BCUT2D eigenvalue weighted by atomic mass is 35.5. The second-order valence-electron chi connectivity index (χ2n) is 5.31. The first-order chi connectivity index (χ1) is 10.1. The second kappa shape index (κ2) is 7.31. The molecule has 2 amide bonds. The molecule has 1 aliphatic rings. The lowest BCUT2D eigenvalue weighted by molar-refractivity contribution is 0.0698. The Morgan fingerprint density at radius 1 is 1.24 bits per heavy atom. The van der Waals surface area contributed by atoms with Crippen LogP contribution in [0.4, 0.5) is 10.5 Å². The van der Waals surface area contributed by atoms with Crippen molar-refractivity contribution in [3.05, 3.63) is 28.8 Å². The molecule has 2 rings (SSSR count). The average Bonchev–Trinajstić information content (AvgIpc) is 2.46. The summed E-state index contributed by atoms with van der Waals surface area (Å²) in [6, 6.07) is 4.21. The van der Waals surface area contributed by atoms with Gasteiger partial charge in [-0.1, -0.05) is 36.9 Å². The number of nitrogens with one attached hydrogen (secondary N) is 2. The molecule has 21 heavy (non-hydrogen) atoms. The average molecular weight is 311 g/mol. The van der Waals surface area contributed by atoms with Crippen LogP contribution >= 0.6 is 11.6 Å². The molecular weight excluding hydrogens is 292 g/mol. The SMILES string of the molecule is O=C(NCC1CCCCC1)Nc1cccc(Cl)c1C(=O)O. The smallest absolute Gasteiger partial charge is 0.339 e. The number of carbonyl (C=O) groups excluding carboxylic acids is 1. The highest BCUT2D eigenvalue weighted by Crippen LogP contribution is 2.25. The molecule has 1 aromatic carbocycles. The van der Waals surface area contributed by atoms with Crippen molar-refractivity contribution < 1.29 is 14.7 Å². The van der Waals surface area contributed by atoms with Crippen LogP contribution in [0.15, 0.2) is 18.2 Å². The topological polar surface area (TPSA) is 78.4 Å². The fraction of sp³-hybridized carbons (Fsp3) is 0.467. The Bertz CT molecular complexity index is 528. The van der Waals surface area contributed by atoms with Crippen LogP contribution in [0.25, 0.3) is 0 Å². The Morgan fingerprint density at radius 2 is 1.95 bits per heavy atom. The van der Waals surface area contributed by atoms with E-state index in [1.807, 2.05) is 0 Å². The van der Waals surface area contributed by atoms with Crippen molar-refractivity contribution in [2.75, 3.05) is 11.9 Å². The molecule has 0 atom stereocenters. The molecule has 1 saturated carbocycles. The van der Waals surface area contributed by atoms with Crippen LogP contribution in [-0.2, 0) is 0 Å². The van der Waals surface area contributed by atoms with E-state index >= 15 is 0 Å². The van der Waals surface area contributed by atoms with Gasteiger partial charge in [0.05, 0.1) is 10.7 Å². The summed E-state index contributed by atoms with van der Waals surface area (Å²) < 4.78 is 0. The Hall–Kier alpha value is -1.75. The van der Waals surface area contributed by atoms with Crippen LogP contribution in [0.3, 0.4) is 0 Å². The maximum absolute atomic E-state index is 11.9. The molecule has 114 valence electrons. The molecule has 0 spiro atoms. The number of halogens is 1. The summed E-state index contributed by atoms with van der Waals surface area (Å²) in [5.41, 5.74) is 0.114. The predicted molar refractivity (Wildman–Crippen MR) is 82.0 cm³/mol. The molecule has 1 aromatic rings. The summed E-state index contributed by atoms with van der Waals surface area (Å²) in [6.45, 7) is 0.620. The monoisotopic (exact) mass is 310 g/mol. The summed E-state index contributed by atoms with van der Waals surface area (Å²) in [5, 5.41) is 14.6. The highest BCUT2D eigenvalue weighted by molar-refractivity contribution is 6.34. The summed E-state index contributed by atoms with van der Waals surface area (Å²) in [5.74, 6) is -0.647. The summed E-state index contributed by atoms with van der Waals surface area (Å²) in [6.07, 6.45) is 5.97. The van der Waals surface area contributed by atoms with Crippen LogP contribution in [-0.4, -0.2) is 23.7 Å². The van der Waals surface area contributed by atoms with E-state index in [-0.39, 0.29) is 16.3 Å². The van der Waals surface area contributed by atoms with E-state index in [9.17, 15) is 9.59 Å². The molecule has 0 aromatic heterocycles. The third-order valence-electron chi connectivity index (χ3n) is 3.75. The number of carbonyl (C=O) groups is 2. The number of urea groups is 1. The molecule has 0 bridgehead atoms. The number of anilines is 1. The van der Waals surface area contributed by atoms with Crippen molar-refractivity contribution in [3.8, 4) is 0 Å². The minimum atomic E-state index is -1.16. The van der Waals surface area contributed by atoms with Gasteiger partial charge >= 0.3 is 12.0 Å². The Labute approximate surface area is 128 Å². The first kappa shape index (κ1) is 15.6. The lowest BCUT2D eigenvalue weighted by atomic mass is 9.89. The van der Waals surface area contributed by atoms with E-state index in [2.05, 4.69) is 10.6 Å². The van der Waals surface area contributed by atoms with Gasteiger partial charge in [-0.3, -0.25) is 0 Å². The number of carboxylic acids is 1. The van der Waals surface area contributed by atoms with Gasteiger partial charge in [-0.25, -0.2) is 9.59 Å². The van der Waals surface area contributed by atoms with Gasteiger partial charge in [-0.05, 0) is 30.9 Å². The summed E-state index contributed by atoms with van der Waals surface area (Å²) in [4.78, 5) is 23.1. The fourth-order valence-electron chi connectivity index (χ4n) is 2.64. The molecule has 0 unspecified atom stereocenters. The normalized spacial score (nSPS) is 15.5. The third-order valence-corrected chi connectivity index (χ3v) is 4.07. The van der Waals surface area contributed by atoms with Crippen LogP contribution in [0.5, 0.6) is 0 Å². The maximum Gasteiger partial charge on any atom is 0.339 e. The van der Waals surface area contributed by atoms with Crippen LogP contribution in [0.1, 0.15) is 42.5 Å². The number of hydrogen-bond donors (Lipinski definition) is 3. The fourth-order valence-corrected chi connectivity index (χ4v) is 2.90. The molecule has 0 saturated heterocycles. The second-order valence-corrected chi connectivity index (χ2v) is 5.71. The zero-order valence-electron chi connectivity index (χ0n) is 11.7. The lowest BCUT2D eigenvalue weighted by Gasteiger charge is -2.21. The van der Waals surface area contributed by atoms with Crippen molar-refractivity contribution in [1.29, 1.82) is 0 Å². The first-order valence-electron chi connectivity index (χ1n) is 7.14. The number of amides is 2. The molecule has 6 heteroatoms. The van der Waals surface area contributed by atoms with Gasteiger partial charge in [0.1, 0.15) is 5.56 Å². The molecule has 3 N–H and O–H groups in total. The largest absolute Gasteiger partial charge is 0.478 e. The third kappa shape index (κ3) is 4.36. The van der Waals surface area contributed by atoms with E-state index in [1.54, 1.807) is 6.07 Å².